The zero-order valence-electron chi connectivity index (χ0n) is 17.1. The molecule has 2 unspecified atom stereocenters. The smallest absolute Gasteiger partial charge is 0.0664 e. The summed E-state index contributed by atoms with van der Waals surface area (Å²) in [5, 5.41) is 26.2. The lowest BCUT2D eigenvalue weighted by Crippen LogP contribution is -2.27. The van der Waals surface area contributed by atoms with Crippen LogP contribution in [-0.2, 0) is 0 Å². The first-order valence-electron chi connectivity index (χ1n) is 11.0. The highest BCUT2D eigenvalue weighted by Gasteiger charge is 2.02. The lowest BCUT2D eigenvalue weighted by molar-refractivity contribution is 0.158. The Morgan fingerprint density at radius 1 is 0.560 bits per heavy atom. The van der Waals surface area contributed by atoms with E-state index in [4.69, 9.17) is 0 Å². The molecule has 2 atom stereocenters. The summed E-state index contributed by atoms with van der Waals surface area (Å²) in [5.41, 5.74) is 0. The SMILES string of the molecule is CCCCC(O)CNCCCCCCCCCNCC(O)CCCC. The fraction of sp³-hybridized carbons (Fsp3) is 1.00. The normalized spacial score (nSPS) is 13.9. The second kappa shape index (κ2) is 20.2. The molecule has 0 radical (unpaired) electrons. The van der Waals surface area contributed by atoms with Crippen LogP contribution in [0, 0.1) is 0 Å². The molecule has 0 aliphatic carbocycles. The van der Waals surface area contributed by atoms with Crippen LogP contribution in [0.5, 0.6) is 0 Å². The Morgan fingerprint density at radius 3 is 1.28 bits per heavy atom. The van der Waals surface area contributed by atoms with E-state index in [9.17, 15) is 10.2 Å². The van der Waals surface area contributed by atoms with E-state index in [0.717, 1.165) is 64.7 Å². The topological polar surface area (TPSA) is 64.5 Å². The first kappa shape index (κ1) is 24.8. The minimum atomic E-state index is -0.165. The average molecular weight is 359 g/mol. The average Bonchev–Trinajstić information content (AvgIpc) is 2.61. The maximum atomic E-state index is 9.73. The summed E-state index contributed by atoms with van der Waals surface area (Å²) in [7, 11) is 0. The maximum Gasteiger partial charge on any atom is 0.0664 e. The van der Waals surface area contributed by atoms with Gasteiger partial charge in [-0.1, -0.05) is 71.6 Å². The van der Waals surface area contributed by atoms with E-state index in [0.29, 0.717) is 0 Å². The second-order valence-electron chi connectivity index (χ2n) is 7.48. The minimum Gasteiger partial charge on any atom is -0.392 e. The molecule has 0 bridgehead atoms. The van der Waals surface area contributed by atoms with Gasteiger partial charge in [-0.05, 0) is 38.8 Å². The third kappa shape index (κ3) is 20.0. The Balaban J connectivity index is 3.12. The highest BCUT2D eigenvalue weighted by molar-refractivity contribution is 4.60. The van der Waals surface area contributed by atoms with Gasteiger partial charge >= 0.3 is 0 Å². The van der Waals surface area contributed by atoms with Crippen LogP contribution in [-0.4, -0.2) is 48.6 Å². The van der Waals surface area contributed by atoms with Crippen LogP contribution in [0.15, 0.2) is 0 Å². The van der Waals surface area contributed by atoms with Crippen LogP contribution in [0.25, 0.3) is 0 Å². The second-order valence-corrected chi connectivity index (χ2v) is 7.48. The van der Waals surface area contributed by atoms with Gasteiger partial charge in [-0.15, -0.1) is 0 Å². The number of aliphatic hydroxyl groups is 2. The highest BCUT2D eigenvalue weighted by Crippen LogP contribution is 2.07. The molecular weight excluding hydrogens is 312 g/mol. The molecule has 0 aromatic heterocycles. The van der Waals surface area contributed by atoms with E-state index in [1.165, 1.54) is 44.9 Å². The molecule has 152 valence electrons. The van der Waals surface area contributed by atoms with Gasteiger partial charge in [-0.25, -0.2) is 0 Å². The van der Waals surface area contributed by atoms with Gasteiger partial charge in [0.2, 0.25) is 0 Å². The van der Waals surface area contributed by atoms with Crippen LogP contribution in [0.3, 0.4) is 0 Å². The molecule has 4 heteroatoms. The molecule has 0 spiro atoms. The van der Waals surface area contributed by atoms with Gasteiger partial charge in [-0.3, -0.25) is 0 Å². The molecule has 0 aliphatic heterocycles. The van der Waals surface area contributed by atoms with Crippen LogP contribution < -0.4 is 10.6 Å². The highest BCUT2D eigenvalue weighted by atomic mass is 16.3. The van der Waals surface area contributed by atoms with E-state index in [1.807, 2.05) is 0 Å². The molecule has 25 heavy (non-hydrogen) atoms. The van der Waals surface area contributed by atoms with Crippen molar-refractivity contribution in [1.29, 1.82) is 0 Å². The molecule has 0 fully saturated rings. The summed E-state index contributed by atoms with van der Waals surface area (Å²) in [5.74, 6) is 0. The first-order chi connectivity index (χ1) is 12.2. The Bertz CT molecular complexity index is 228. The van der Waals surface area contributed by atoms with Gasteiger partial charge in [0.05, 0.1) is 12.2 Å². The first-order valence-corrected chi connectivity index (χ1v) is 11.0. The summed E-state index contributed by atoms with van der Waals surface area (Å²) in [6.07, 6.45) is 15.1. The molecule has 0 saturated heterocycles. The molecule has 4 nitrogen and oxygen atoms in total. The van der Waals surface area contributed by atoms with Crippen molar-refractivity contribution in [2.75, 3.05) is 26.2 Å². The van der Waals surface area contributed by atoms with Gasteiger partial charge in [-0.2, -0.15) is 0 Å². The quantitative estimate of drug-likeness (QED) is 0.248. The Hall–Kier alpha value is -0.160. The van der Waals surface area contributed by atoms with Crippen LogP contribution in [0.2, 0.25) is 0 Å². The van der Waals surface area contributed by atoms with Gasteiger partial charge < -0.3 is 20.8 Å². The van der Waals surface area contributed by atoms with Crippen molar-refractivity contribution < 1.29 is 10.2 Å². The molecule has 0 aromatic rings. The van der Waals surface area contributed by atoms with Crippen molar-refractivity contribution in [1.82, 2.24) is 10.6 Å². The molecule has 4 N–H and O–H groups in total. The van der Waals surface area contributed by atoms with Gasteiger partial charge in [0.15, 0.2) is 0 Å². The number of unbranched alkanes of at least 4 members (excludes halogenated alkanes) is 8. The van der Waals surface area contributed by atoms with Crippen molar-refractivity contribution in [2.45, 2.75) is 110 Å². The number of nitrogens with one attached hydrogen (secondary N) is 2. The van der Waals surface area contributed by atoms with Gasteiger partial charge in [0, 0.05) is 13.1 Å². The monoisotopic (exact) mass is 358 g/mol. The third-order valence-electron chi connectivity index (χ3n) is 4.75. The van der Waals surface area contributed by atoms with Crippen molar-refractivity contribution in [3.05, 3.63) is 0 Å². The van der Waals surface area contributed by atoms with E-state index in [1.54, 1.807) is 0 Å². The molecule has 0 aromatic carbocycles. The predicted octanol–water partition coefficient (Wildman–Crippen LogP) is 4.00. The van der Waals surface area contributed by atoms with E-state index in [-0.39, 0.29) is 12.2 Å². The Morgan fingerprint density at radius 2 is 0.920 bits per heavy atom. The predicted molar refractivity (Wildman–Crippen MR) is 109 cm³/mol. The molecule has 0 aliphatic rings. The molecule has 0 rings (SSSR count). The third-order valence-corrected chi connectivity index (χ3v) is 4.75. The zero-order valence-corrected chi connectivity index (χ0v) is 17.1. The van der Waals surface area contributed by atoms with Crippen molar-refractivity contribution in [2.24, 2.45) is 0 Å². The fourth-order valence-corrected chi connectivity index (χ4v) is 3.00. The molecule has 0 amide bonds. The summed E-state index contributed by atoms with van der Waals surface area (Å²) >= 11 is 0. The largest absolute Gasteiger partial charge is 0.392 e. The summed E-state index contributed by atoms with van der Waals surface area (Å²) in [4.78, 5) is 0. The Labute approximate surface area is 157 Å². The number of rotatable bonds is 20. The number of aliphatic hydroxyl groups excluding tert-OH is 2. The van der Waals surface area contributed by atoms with E-state index in [2.05, 4.69) is 24.5 Å². The van der Waals surface area contributed by atoms with E-state index >= 15 is 0 Å². The summed E-state index contributed by atoms with van der Waals surface area (Å²) < 4.78 is 0. The summed E-state index contributed by atoms with van der Waals surface area (Å²) in [6.45, 7) is 7.90. The van der Waals surface area contributed by atoms with Crippen molar-refractivity contribution in [3.63, 3.8) is 0 Å². The van der Waals surface area contributed by atoms with E-state index < -0.39 is 0 Å². The number of hydrogen-bond donors (Lipinski definition) is 4. The molecule has 0 heterocycles. The zero-order chi connectivity index (χ0) is 18.6. The van der Waals surface area contributed by atoms with Crippen molar-refractivity contribution >= 4 is 0 Å². The molecular formula is C21H46N2O2. The Kier molecular flexibility index (Phi) is 20.0. The summed E-state index contributed by atoms with van der Waals surface area (Å²) in [6, 6.07) is 0. The fourth-order valence-electron chi connectivity index (χ4n) is 3.00. The lowest BCUT2D eigenvalue weighted by atomic mass is 10.1. The maximum absolute atomic E-state index is 9.73. The van der Waals surface area contributed by atoms with Gasteiger partial charge in [0.1, 0.15) is 0 Å². The van der Waals surface area contributed by atoms with Crippen molar-refractivity contribution in [3.8, 4) is 0 Å². The number of hydrogen-bond acceptors (Lipinski definition) is 4. The lowest BCUT2D eigenvalue weighted by Gasteiger charge is -2.11. The van der Waals surface area contributed by atoms with Crippen LogP contribution in [0.1, 0.15) is 97.3 Å². The van der Waals surface area contributed by atoms with Crippen LogP contribution >= 0.6 is 0 Å². The molecule has 0 saturated carbocycles. The van der Waals surface area contributed by atoms with Gasteiger partial charge in [0.25, 0.3) is 0 Å². The minimum absolute atomic E-state index is 0.165. The van der Waals surface area contributed by atoms with Crippen LogP contribution in [0.4, 0.5) is 0 Å². The standard InChI is InChI=1S/C21H46N2O2/c1-3-5-14-20(24)18-22-16-12-10-8-7-9-11-13-17-23-19-21(25)15-6-4-2/h20-25H,3-19H2,1-2H3.